The molecule has 0 saturated heterocycles. The van der Waals surface area contributed by atoms with Gasteiger partial charge >= 0.3 is 0 Å². The zero-order chi connectivity index (χ0) is 14.2. The standard InChI is InChI=1S/C15H26N4O/c1-3-13-18-14(16-4-2)10-15(19-13)17-8-5-9-20-11-12-6-7-12/h10,12H,3-9,11H2,1-2H3,(H2,16,17,18,19). The Hall–Kier alpha value is -1.36. The van der Waals surface area contributed by atoms with Crippen LogP contribution in [0.4, 0.5) is 11.6 Å². The third kappa shape index (κ3) is 5.33. The van der Waals surface area contributed by atoms with Crippen LogP contribution in [0.1, 0.15) is 38.9 Å². The highest BCUT2D eigenvalue weighted by Gasteiger charge is 2.20. The van der Waals surface area contributed by atoms with Crippen molar-refractivity contribution in [3.63, 3.8) is 0 Å². The minimum absolute atomic E-state index is 0.829. The van der Waals surface area contributed by atoms with Gasteiger partial charge in [-0.2, -0.15) is 0 Å². The van der Waals surface area contributed by atoms with Crippen molar-refractivity contribution in [1.29, 1.82) is 0 Å². The van der Waals surface area contributed by atoms with Crippen LogP contribution in [-0.2, 0) is 11.2 Å². The first-order chi connectivity index (χ1) is 9.81. The Morgan fingerprint density at radius 1 is 1.20 bits per heavy atom. The first-order valence-corrected chi connectivity index (χ1v) is 7.75. The van der Waals surface area contributed by atoms with E-state index >= 15 is 0 Å². The van der Waals surface area contributed by atoms with E-state index in [-0.39, 0.29) is 0 Å². The van der Waals surface area contributed by atoms with E-state index in [1.165, 1.54) is 12.8 Å². The maximum Gasteiger partial charge on any atom is 0.132 e. The summed E-state index contributed by atoms with van der Waals surface area (Å²) in [6, 6.07) is 1.97. The van der Waals surface area contributed by atoms with Crippen molar-refractivity contribution in [1.82, 2.24) is 9.97 Å². The summed E-state index contributed by atoms with van der Waals surface area (Å²) in [5, 5.41) is 6.59. The molecule has 0 spiro atoms. The van der Waals surface area contributed by atoms with Crippen molar-refractivity contribution < 1.29 is 4.74 Å². The summed E-state index contributed by atoms with van der Waals surface area (Å²) in [7, 11) is 0. The van der Waals surface area contributed by atoms with Crippen LogP contribution in [0.5, 0.6) is 0 Å². The molecular formula is C15H26N4O. The second-order valence-electron chi connectivity index (χ2n) is 5.24. The highest BCUT2D eigenvalue weighted by atomic mass is 16.5. The molecule has 5 heteroatoms. The SMILES string of the molecule is CCNc1cc(NCCCOCC2CC2)nc(CC)n1. The van der Waals surface area contributed by atoms with E-state index in [2.05, 4.69) is 34.4 Å². The molecule has 1 fully saturated rings. The van der Waals surface area contributed by atoms with Gasteiger partial charge in [-0.15, -0.1) is 0 Å². The summed E-state index contributed by atoms with van der Waals surface area (Å²) in [6.07, 6.45) is 4.56. The van der Waals surface area contributed by atoms with Crippen LogP contribution in [-0.4, -0.2) is 36.3 Å². The van der Waals surface area contributed by atoms with Crippen molar-refractivity contribution in [2.75, 3.05) is 36.9 Å². The average molecular weight is 278 g/mol. The molecule has 1 aromatic rings. The average Bonchev–Trinajstić information content (AvgIpc) is 3.27. The number of hydrogen-bond acceptors (Lipinski definition) is 5. The van der Waals surface area contributed by atoms with E-state index in [0.29, 0.717) is 0 Å². The molecule has 20 heavy (non-hydrogen) atoms. The molecule has 0 atom stereocenters. The molecule has 2 N–H and O–H groups in total. The van der Waals surface area contributed by atoms with E-state index in [4.69, 9.17) is 4.74 Å². The van der Waals surface area contributed by atoms with Gasteiger partial charge in [0.2, 0.25) is 0 Å². The van der Waals surface area contributed by atoms with Crippen LogP contribution in [0.25, 0.3) is 0 Å². The van der Waals surface area contributed by atoms with Gasteiger partial charge in [-0.1, -0.05) is 6.92 Å². The zero-order valence-corrected chi connectivity index (χ0v) is 12.6. The molecule has 0 unspecified atom stereocenters. The quantitative estimate of drug-likeness (QED) is 0.644. The molecule has 1 aromatic heterocycles. The zero-order valence-electron chi connectivity index (χ0n) is 12.6. The lowest BCUT2D eigenvalue weighted by atomic mass is 10.4. The van der Waals surface area contributed by atoms with Crippen molar-refractivity contribution >= 4 is 11.6 Å². The van der Waals surface area contributed by atoms with Gasteiger partial charge < -0.3 is 15.4 Å². The number of hydrogen-bond donors (Lipinski definition) is 2. The summed E-state index contributed by atoms with van der Waals surface area (Å²) in [6.45, 7) is 7.66. The van der Waals surface area contributed by atoms with Gasteiger partial charge in [0.05, 0.1) is 0 Å². The van der Waals surface area contributed by atoms with Crippen molar-refractivity contribution in [3.05, 3.63) is 11.9 Å². The predicted molar refractivity (Wildman–Crippen MR) is 82.2 cm³/mol. The molecule has 5 nitrogen and oxygen atoms in total. The molecule has 2 rings (SSSR count). The molecule has 0 amide bonds. The summed E-state index contributed by atoms with van der Waals surface area (Å²) < 4.78 is 5.62. The van der Waals surface area contributed by atoms with Crippen LogP contribution in [0.2, 0.25) is 0 Å². The van der Waals surface area contributed by atoms with Gasteiger partial charge in [0.1, 0.15) is 17.5 Å². The first-order valence-electron chi connectivity index (χ1n) is 7.75. The van der Waals surface area contributed by atoms with Crippen LogP contribution in [0.3, 0.4) is 0 Å². The normalized spacial score (nSPS) is 14.3. The fourth-order valence-corrected chi connectivity index (χ4v) is 1.94. The Balaban J connectivity index is 1.71. The maximum atomic E-state index is 5.62. The van der Waals surface area contributed by atoms with Gasteiger partial charge in [0.15, 0.2) is 0 Å². The van der Waals surface area contributed by atoms with Crippen LogP contribution >= 0.6 is 0 Å². The van der Waals surface area contributed by atoms with Gasteiger partial charge in [0, 0.05) is 38.8 Å². The fraction of sp³-hybridized carbons (Fsp3) is 0.733. The number of nitrogens with one attached hydrogen (secondary N) is 2. The van der Waals surface area contributed by atoms with Crippen molar-refractivity contribution in [2.45, 2.75) is 39.5 Å². The predicted octanol–water partition coefficient (Wildman–Crippen LogP) is 2.70. The Morgan fingerprint density at radius 3 is 2.60 bits per heavy atom. The van der Waals surface area contributed by atoms with Gasteiger partial charge in [-0.3, -0.25) is 0 Å². The lowest BCUT2D eigenvalue weighted by molar-refractivity contribution is 0.124. The number of anilines is 2. The molecule has 1 heterocycles. The van der Waals surface area contributed by atoms with E-state index in [1.54, 1.807) is 0 Å². The Labute approximate surface area is 121 Å². The van der Waals surface area contributed by atoms with Gasteiger partial charge in [-0.05, 0) is 32.1 Å². The molecule has 1 aliphatic carbocycles. The number of aryl methyl sites for hydroxylation is 1. The molecule has 1 saturated carbocycles. The smallest absolute Gasteiger partial charge is 0.132 e. The summed E-state index contributed by atoms with van der Waals surface area (Å²) >= 11 is 0. The maximum absolute atomic E-state index is 5.62. The minimum atomic E-state index is 0.829. The molecule has 0 aromatic carbocycles. The minimum Gasteiger partial charge on any atom is -0.381 e. The molecule has 0 bridgehead atoms. The van der Waals surface area contributed by atoms with E-state index in [0.717, 1.165) is 62.5 Å². The molecule has 112 valence electrons. The number of rotatable bonds is 10. The number of nitrogens with zero attached hydrogens (tertiary/aromatic N) is 2. The topological polar surface area (TPSA) is 59.1 Å². The van der Waals surface area contributed by atoms with E-state index in [9.17, 15) is 0 Å². The van der Waals surface area contributed by atoms with E-state index in [1.807, 2.05) is 6.07 Å². The number of ether oxygens (including phenoxy) is 1. The van der Waals surface area contributed by atoms with Crippen molar-refractivity contribution in [2.24, 2.45) is 5.92 Å². The molecule has 0 aliphatic heterocycles. The third-order valence-corrected chi connectivity index (χ3v) is 3.27. The Bertz CT molecular complexity index is 407. The monoisotopic (exact) mass is 278 g/mol. The lowest BCUT2D eigenvalue weighted by Crippen LogP contribution is -2.10. The van der Waals surface area contributed by atoms with Crippen LogP contribution in [0, 0.1) is 5.92 Å². The third-order valence-electron chi connectivity index (χ3n) is 3.27. The van der Waals surface area contributed by atoms with Gasteiger partial charge in [0.25, 0.3) is 0 Å². The lowest BCUT2D eigenvalue weighted by Gasteiger charge is -2.10. The van der Waals surface area contributed by atoms with Gasteiger partial charge in [-0.25, -0.2) is 9.97 Å². The summed E-state index contributed by atoms with van der Waals surface area (Å²) in [4.78, 5) is 8.93. The Kier molecular flexibility index (Phi) is 6.05. The van der Waals surface area contributed by atoms with Crippen molar-refractivity contribution in [3.8, 4) is 0 Å². The summed E-state index contributed by atoms with van der Waals surface area (Å²) in [5.41, 5.74) is 0. The fourth-order valence-electron chi connectivity index (χ4n) is 1.94. The second-order valence-corrected chi connectivity index (χ2v) is 5.24. The molecule has 1 aliphatic rings. The molecule has 0 radical (unpaired) electrons. The second kappa shape index (κ2) is 8.04. The number of aromatic nitrogens is 2. The van der Waals surface area contributed by atoms with Crippen LogP contribution in [0.15, 0.2) is 6.07 Å². The Morgan fingerprint density at radius 2 is 1.95 bits per heavy atom. The first kappa shape index (κ1) is 15.0. The molecular weight excluding hydrogens is 252 g/mol. The summed E-state index contributed by atoms with van der Waals surface area (Å²) in [5.74, 6) is 3.51. The largest absolute Gasteiger partial charge is 0.381 e. The highest BCUT2D eigenvalue weighted by molar-refractivity contribution is 5.47. The van der Waals surface area contributed by atoms with Crippen LogP contribution < -0.4 is 10.6 Å². The highest BCUT2D eigenvalue weighted by Crippen LogP contribution is 2.28. The van der Waals surface area contributed by atoms with E-state index < -0.39 is 0 Å².